The van der Waals surface area contributed by atoms with E-state index in [1.165, 1.54) is 0 Å². The predicted molar refractivity (Wildman–Crippen MR) is 43.5 cm³/mol. The van der Waals surface area contributed by atoms with Crippen LogP contribution in [0.15, 0.2) is 6.07 Å². The van der Waals surface area contributed by atoms with E-state index in [9.17, 15) is 13.2 Å². The molecule has 0 amide bonds. The van der Waals surface area contributed by atoms with E-state index >= 15 is 0 Å². The Morgan fingerprint density at radius 2 is 2.21 bits per heavy atom. The molecule has 2 nitrogen and oxygen atoms in total. The Bertz CT molecular complexity index is 387. The van der Waals surface area contributed by atoms with Crippen LogP contribution in [0.4, 0.5) is 13.2 Å². The van der Waals surface area contributed by atoms with Crippen molar-refractivity contribution in [2.75, 3.05) is 0 Å². The molecule has 1 aromatic heterocycles. The number of hydrogen-bond acceptors (Lipinski definition) is 2. The van der Waals surface area contributed by atoms with Gasteiger partial charge < -0.3 is 0 Å². The van der Waals surface area contributed by atoms with Gasteiger partial charge in [-0.25, -0.2) is 13.8 Å². The van der Waals surface area contributed by atoms with Gasteiger partial charge >= 0.3 is 0 Å². The molecule has 0 aliphatic heterocycles. The summed E-state index contributed by atoms with van der Waals surface area (Å²) in [5.41, 5.74) is -0.797. The first-order chi connectivity index (χ1) is 6.56. The molecule has 0 N–H and O–H groups in total. The summed E-state index contributed by atoms with van der Waals surface area (Å²) in [6.45, 7) is 0. The van der Waals surface area contributed by atoms with E-state index in [1.54, 1.807) is 6.07 Å². The molecule has 74 valence electrons. The summed E-state index contributed by atoms with van der Waals surface area (Å²) in [7, 11) is 0. The van der Waals surface area contributed by atoms with Crippen LogP contribution in [0.5, 0.6) is 0 Å². The molecule has 0 unspecified atom stereocenters. The van der Waals surface area contributed by atoms with Crippen LogP contribution in [0.2, 0.25) is 5.02 Å². The molecule has 1 heterocycles. The lowest BCUT2D eigenvalue weighted by molar-refractivity contribution is 0.150. The number of nitrogens with zero attached hydrogens (tertiary/aromatic N) is 2. The summed E-state index contributed by atoms with van der Waals surface area (Å²) in [5.74, 6) is -1.06. The van der Waals surface area contributed by atoms with Crippen LogP contribution >= 0.6 is 11.6 Å². The van der Waals surface area contributed by atoms with E-state index in [4.69, 9.17) is 16.9 Å². The standard InChI is InChI=1S/C8H4ClF3N2/c9-7-4(8(11)12)3-6(10)14-5(7)1-2-13/h3,8H,1H2. The molecule has 0 aliphatic carbocycles. The van der Waals surface area contributed by atoms with Crippen LogP contribution in [0.3, 0.4) is 0 Å². The molecule has 0 fully saturated rings. The number of halogens is 4. The molecular formula is C8H4ClF3N2. The van der Waals surface area contributed by atoms with Gasteiger partial charge in [0.05, 0.1) is 23.2 Å². The van der Waals surface area contributed by atoms with Crippen molar-refractivity contribution in [3.63, 3.8) is 0 Å². The van der Waals surface area contributed by atoms with Crippen molar-refractivity contribution in [2.45, 2.75) is 12.8 Å². The van der Waals surface area contributed by atoms with Crippen LogP contribution < -0.4 is 0 Å². The molecule has 0 radical (unpaired) electrons. The highest BCUT2D eigenvalue weighted by molar-refractivity contribution is 6.32. The first-order valence-corrected chi connectivity index (χ1v) is 3.94. The minimum absolute atomic E-state index is 0.163. The van der Waals surface area contributed by atoms with Gasteiger partial charge in [-0.15, -0.1) is 0 Å². The van der Waals surface area contributed by atoms with Crippen LogP contribution in [0, 0.1) is 17.3 Å². The maximum absolute atomic E-state index is 12.7. The Morgan fingerprint density at radius 1 is 1.57 bits per heavy atom. The molecule has 1 rings (SSSR count). The number of alkyl halides is 2. The molecule has 1 aromatic rings. The third-order valence-electron chi connectivity index (χ3n) is 1.50. The summed E-state index contributed by atoms with van der Waals surface area (Å²) in [4.78, 5) is 3.25. The van der Waals surface area contributed by atoms with Gasteiger partial charge in [-0.2, -0.15) is 9.65 Å². The maximum atomic E-state index is 12.7. The smallest absolute Gasteiger partial charge is 0.222 e. The average molecular weight is 221 g/mol. The fraction of sp³-hybridized carbons (Fsp3) is 0.250. The van der Waals surface area contributed by atoms with Crippen molar-refractivity contribution >= 4 is 11.6 Å². The first-order valence-electron chi connectivity index (χ1n) is 3.56. The zero-order valence-electron chi connectivity index (χ0n) is 6.77. The first kappa shape index (κ1) is 10.8. The molecule has 14 heavy (non-hydrogen) atoms. The van der Waals surface area contributed by atoms with E-state index in [0.29, 0.717) is 6.07 Å². The number of nitriles is 1. The van der Waals surface area contributed by atoms with Gasteiger partial charge in [0.15, 0.2) is 0 Å². The second-order valence-electron chi connectivity index (χ2n) is 2.43. The molecule has 0 atom stereocenters. The van der Waals surface area contributed by atoms with Gasteiger partial charge in [-0.05, 0) is 0 Å². The summed E-state index contributed by atoms with van der Waals surface area (Å²) in [6.07, 6.45) is -3.17. The van der Waals surface area contributed by atoms with Crippen LogP contribution in [0.25, 0.3) is 0 Å². The second kappa shape index (κ2) is 4.29. The van der Waals surface area contributed by atoms with E-state index in [2.05, 4.69) is 4.98 Å². The highest BCUT2D eigenvalue weighted by Crippen LogP contribution is 2.29. The highest BCUT2D eigenvalue weighted by Gasteiger charge is 2.17. The fourth-order valence-electron chi connectivity index (χ4n) is 0.919. The fourth-order valence-corrected chi connectivity index (χ4v) is 1.17. The van der Waals surface area contributed by atoms with Crippen molar-refractivity contribution in [1.82, 2.24) is 4.98 Å². The molecule has 0 spiro atoms. The van der Waals surface area contributed by atoms with Crippen molar-refractivity contribution < 1.29 is 13.2 Å². The summed E-state index contributed by atoms with van der Waals surface area (Å²) in [6, 6.07) is 2.22. The Kier molecular flexibility index (Phi) is 3.31. The van der Waals surface area contributed by atoms with Gasteiger partial charge in [0.1, 0.15) is 0 Å². The Labute approximate surface area is 82.9 Å². The number of rotatable bonds is 2. The molecule has 6 heteroatoms. The monoisotopic (exact) mass is 220 g/mol. The van der Waals surface area contributed by atoms with E-state index < -0.39 is 17.9 Å². The van der Waals surface area contributed by atoms with Crippen molar-refractivity contribution in [1.29, 1.82) is 5.26 Å². The normalized spacial score (nSPS) is 10.3. The third kappa shape index (κ3) is 2.15. The minimum Gasteiger partial charge on any atom is -0.222 e. The van der Waals surface area contributed by atoms with E-state index in [1.807, 2.05) is 0 Å². The van der Waals surface area contributed by atoms with E-state index in [-0.39, 0.29) is 17.1 Å². The van der Waals surface area contributed by atoms with Gasteiger partial charge in [-0.3, -0.25) is 0 Å². The predicted octanol–water partition coefficient (Wildman–Crippen LogP) is 2.88. The molecule has 0 bridgehead atoms. The minimum atomic E-state index is -2.88. The lowest BCUT2D eigenvalue weighted by atomic mass is 10.2. The molecule has 0 aliphatic rings. The SMILES string of the molecule is N#CCc1nc(F)cc(C(F)F)c1Cl. The van der Waals surface area contributed by atoms with Crippen molar-refractivity contribution in [3.05, 3.63) is 28.3 Å². The van der Waals surface area contributed by atoms with Crippen LogP contribution in [-0.2, 0) is 6.42 Å². The van der Waals surface area contributed by atoms with Gasteiger partial charge in [0.25, 0.3) is 6.43 Å². The second-order valence-corrected chi connectivity index (χ2v) is 2.81. The third-order valence-corrected chi connectivity index (χ3v) is 1.94. The number of pyridine rings is 1. The van der Waals surface area contributed by atoms with Gasteiger partial charge in [0.2, 0.25) is 5.95 Å². The average Bonchev–Trinajstić information content (AvgIpc) is 2.10. The molecule has 0 aromatic carbocycles. The Morgan fingerprint density at radius 3 is 2.71 bits per heavy atom. The Balaban J connectivity index is 3.26. The molecule has 0 saturated heterocycles. The van der Waals surface area contributed by atoms with Gasteiger partial charge in [0, 0.05) is 11.6 Å². The summed E-state index contributed by atoms with van der Waals surface area (Å²) >= 11 is 5.49. The number of aromatic nitrogens is 1. The topological polar surface area (TPSA) is 36.7 Å². The van der Waals surface area contributed by atoms with Crippen molar-refractivity contribution in [2.24, 2.45) is 0 Å². The maximum Gasteiger partial charge on any atom is 0.265 e. The summed E-state index contributed by atoms with van der Waals surface area (Å²) < 4.78 is 37.2. The zero-order chi connectivity index (χ0) is 10.7. The summed E-state index contributed by atoms with van der Waals surface area (Å²) in [5, 5.41) is 7.96. The highest BCUT2D eigenvalue weighted by atomic mass is 35.5. The lowest BCUT2D eigenvalue weighted by Gasteiger charge is -2.05. The quantitative estimate of drug-likeness (QED) is 0.719. The lowest BCUT2D eigenvalue weighted by Crippen LogP contribution is -1.99. The number of hydrogen-bond donors (Lipinski definition) is 0. The van der Waals surface area contributed by atoms with Crippen LogP contribution in [0.1, 0.15) is 17.7 Å². The Hall–Kier alpha value is -1.28. The van der Waals surface area contributed by atoms with E-state index in [0.717, 1.165) is 0 Å². The zero-order valence-corrected chi connectivity index (χ0v) is 7.52. The molecular weight excluding hydrogens is 217 g/mol. The van der Waals surface area contributed by atoms with Gasteiger partial charge in [-0.1, -0.05) is 11.6 Å². The molecule has 0 saturated carbocycles. The van der Waals surface area contributed by atoms with Crippen molar-refractivity contribution in [3.8, 4) is 6.07 Å². The van der Waals surface area contributed by atoms with Crippen LogP contribution in [-0.4, -0.2) is 4.98 Å². The largest absolute Gasteiger partial charge is 0.265 e.